The highest BCUT2D eigenvalue weighted by Gasteiger charge is 2.25. The number of rotatable bonds is 5. The van der Waals surface area contributed by atoms with Crippen LogP contribution in [0.15, 0.2) is 18.2 Å². The van der Waals surface area contributed by atoms with E-state index in [1.54, 1.807) is 0 Å². The van der Waals surface area contributed by atoms with Crippen LogP contribution in [0.4, 0.5) is 5.69 Å². The molecule has 1 amide bonds. The van der Waals surface area contributed by atoms with Crippen LogP contribution in [-0.2, 0) is 9.53 Å². The summed E-state index contributed by atoms with van der Waals surface area (Å²) in [6, 6.07) is 5.53. The maximum absolute atomic E-state index is 12.6. The van der Waals surface area contributed by atoms with Gasteiger partial charge in [-0.15, -0.1) is 0 Å². The summed E-state index contributed by atoms with van der Waals surface area (Å²) in [5.74, 6) is 1.18. The van der Waals surface area contributed by atoms with Gasteiger partial charge in [-0.1, -0.05) is 32.3 Å². The highest BCUT2D eigenvalue weighted by atomic mass is 16.6. The number of ether oxygens (including phenoxy) is 3. The van der Waals surface area contributed by atoms with E-state index in [4.69, 9.17) is 14.2 Å². The molecular weight excluding hydrogens is 294 g/mol. The molecule has 1 saturated carbocycles. The Bertz CT molecular complexity index is 540. The molecule has 1 N–H and O–H groups in total. The molecule has 1 aromatic carbocycles. The first-order valence-corrected chi connectivity index (χ1v) is 8.63. The summed E-state index contributed by atoms with van der Waals surface area (Å²) in [7, 11) is 0. The number of anilines is 1. The molecule has 23 heavy (non-hydrogen) atoms. The molecular formula is C18H25NO4. The Labute approximate surface area is 137 Å². The molecule has 1 aliphatic carbocycles. The Morgan fingerprint density at radius 3 is 2.83 bits per heavy atom. The molecule has 1 heterocycles. The number of hydrogen-bond acceptors (Lipinski definition) is 4. The normalized spacial score (nSPS) is 19.2. The highest BCUT2D eigenvalue weighted by molar-refractivity contribution is 5.96. The van der Waals surface area contributed by atoms with Crippen LogP contribution in [0, 0.1) is 0 Å². The minimum Gasteiger partial charge on any atom is -0.486 e. The molecule has 5 nitrogen and oxygen atoms in total. The number of fused-ring (bicyclic) bond motifs is 1. The van der Waals surface area contributed by atoms with Gasteiger partial charge in [0.25, 0.3) is 5.91 Å². The van der Waals surface area contributed by atoms with Gasteiger partial charge in [0.05, 0.1) is 11.8 Å². The summed E-state index contributed by atoms with van der Waals surface area (Å²) < 4.78 is 17.2. The Morgan fingerprint density at radius 2 is 2.04 bits per heavy atom. The van der Waals surface area contributed by atoms with Gasteiger partial charge in [-0.3, -0.25) is 4.79 Å². The number of nitrogens with one attached hydrogen (secondary N) is 1. The van der Waals surface area contributed by atoms with E-state index in [9.17, 15) is 4.79 Å². The molecule has 1 atom stereocenters. The Kier molecular flexibility index (Phi) is 5.39. The van der Waals surface area contributed by atoms with Crippen molar-refractivity contribution in [3.8, 4) is 11.5 Å². The van der Waals surface area contributed by atoms with Crippen LogP contribution < -0.4 is 14.8 Å². The van der Waals surface area contributed by atoms with Crippen molar-refractivity contribution in [1.29, 1.82) is 0 Å². The van der Waals surface area contributed by atoms with Gasteiger partial charge in [0.2, 0.25) is 0 Å². The molecule has 1 aromatic rings. The Balaban J connectivity index is 1.65. The zero-order chi connectivity index (χ0) is 16.1. The van der Waals surface area contributed by atoms with Crippen molar-refractivity contribution in [2.24, 2.45) is 0 Å². The van der Waals surface area contributed by atoms with Gasteiger partial charge >= 0.3 is 0 Å². The lowest BCUT2D eigenvalue weighted by Crippen LogP contribution is -2.34. The van der Waals surface area contributed by atoms with Crippen molar-refractivity contribution in [3.63, 3.8) is 0 Å². The average molecular weight is 319 g/mol. The SMILES string of the molecule is CCC(OC1CCCCC1)C(=O)Nc1cccc2c1OCCO2. The first-order chi connectivity index (χ1) is 11.3. The quantitative estimate of drug-likeness (QED) is 0.902. The third kappa shape index (κ3) is 3.96. The van der Waals surface area contributed by atoms with Crippen LogP contribution in [0.1, 0.15) is 45.4 Å². The standard InChI is InChI=1S/C18H25NO4/c1-2-15(23-13-7-4-3-5-8-13)18(20)19-14-9-6-10-16-17(14)22-12-11-21-16/h6,9-10,13,15H,2-5,7-8,11-12H2,1H3,(H,19,20). The molecule has 5 heteroatoms. The zero-order valence-corrected chi connectivity index (χ0v) is 13.7. The maximum atomic E-state index is 12.6. The second kappa shape index (κ2) is 7.68. The highest BCUT2D eigenvalue weighted by Crippen LogP contribution is 2.37. The molecule has 0 aromatic heterocycles. The topological polar surface area (TPSA) is 56.8 Å². The smallest absolute Gasteiger partial charge is 0.253 e. The molecule has 3 rings (SSSR count). The molecule has 1 unspecified atom stereocenters. The minimum absolute atomic E-state index is 0.111. The molecule has 0 bridgehead atoms. The fraction of sp³-hybridized carbons (Fsp3) is 0.611. The van der Waals surface area contributed by atoms with E-state index >= 15 is 0 Å². The van der Waals surface area contributed by atoms with Crippen LogP contribution >= 0.6 is 0 Å². The van der Waals surface area contributed by atoms with Gasteiger partial charge in [0.15, 0.2) is 11.5 Å². The van der Waals surface area contributed by atoms with E-state index in [1.165, 1.54) is 19.3 Å². The van der Waals surface area contributed by atoms with Crippen LogP contribution in [0.3, 0.4) is 0 Å². The van der Waals surface area contributed by atoms with Crippen molar-refractivity contribution in [2.75, 3.05) is 18.5 Å². The number of benzene rings is 1. The van der Waals surface area contributed by atoms with Gasteiger partial charge in [0, 0.05) is 0 Å². The van der Waals surface area contributed by atoms with Crippen molar-refractivity contribution in [2.45, 2.75) is 57.7 Å². The summed E-state index contributed by atoms with van der Waals surface area (Å²) >= 11 is 0. The first kappa shape index (κ1) is 16.1. The molecule has 2 aliphatic rings. The van der Waals surface area contributed by atoms with E-state index in [-0.39, 0.29) is 12.0 Å². The summed E-state index contributed by atoms with van der Waals surface area (Å²) in [4.78, 5) is 12.6. The summed E-state index contributed by atoms with van der Waals surface area (Å²) in [6.07, 6.45) is 6.23. The summed E-state index contributed by atoms with van der Waals surface area (Å²) in [6.45, 7) is 3.01. The second-order valence-electron chi connectivity index (χ2n) is 6.11. The van der Waals surface area contributed by atoms with Crippen molar-refractivity contribution in [3.05, 3.63) is 18.2 Å². The monoisotopic (exact) mass is 319 g/mol. The Hall–Kier alpha value is -1.75. The first-order valence-electron chi connectivity index (χ1n) is 8.63. The van der Waals surface area contributed by atoms with E-state index in [2.05, 4.69) is 5.32 Å². The van der Waals surface area contributed by atoms with Gasteiger partial charge in [-0.2, -0.15) is 0 Å². The lowest BCUT2D eigenvalue weighted by molar-refractivity contribution is -0.132. The number of carbonyl (C=O) groups is 1. The van der Waals surface area contributed by atoms with Crippen LogP contribution in [0.2, 0.25) is 0 Å². The molecule has 1 aliphatic heterocycles. The molecule has 0 spiro atoms. The number of para-hydroxylation sites is 1. The number of carbonyl (C=O) groups excluding carboxylic acids is 1. The molecule has 126 valence electrons. The Morgan fingerprint density at radius 1 is 1.26 bits per heavy atom. The number of amides is 1. The van der Waals surface area contributed by atoms with Crippen molar-refractivity contribution in [1.82, 2.24) is 0 Å². The number of hydrogen-bond donors (Lipinski definition) is 1. The van der Waals surface area contributed by atoms with E-state index < -0.39 is 6.10 Å². The third-order valence-corrected chi connectivity index (χ3v) is 4.40. The van der Waals surface area contributed by atoms with Crippen LogP contribution in [0.25, 0.3) is 0 Å². The van der Waals surface area contributed by atoms with Gasteiger partial charge in [-0.05, 0) is 31.4 Å². The maximum Gasteiger partial charge on any atom is 0.253 e. The fourth-order valence-corrected chi connectivity index (χ4v) is 3.16. The summed E-state index contributed by atoms with van der Waals surface area (Å²) in [5.41, 5.74) is 0.651. The minimum atomic E-state index is -0.418. The largest absolute Gasteiger partial charge is 0.486 e. The molecule has 1 fully saturated rings. The predicted molar refractivity (Wildman–Crippen MR) is 88.1 cm³/mol. The fourth-order valence-electron chi connectivity index (χ4n) is 3.16. The van der Waals surface area contributed by atoms with Crippen LogP contribution in [-0.4, -0.2) is 31.3 Å². The lowest BCUT2D eigenvalue weighted by atomic mass is 9.97. The van der Waals surface area contributed by atoms with Gasteiger partial charge in [0.1, 0.15) is 19.3 Å². The third-order valence-electron chi connectivity index (χ3n) is 4.40. The average Bonchev–Trinajstić information content (AvgIpc) is 2.61. The second-order valence-corrected chi connectivity index (χ2v) is 6.11. The summed E-state index contributed by atoms with van der Waals surface area (Å²) in [5, 5.41) is 2.94. The molecule has 0 saturated heterocycles. The predicted octanol–water partition coefficient (Wildman–Crippen LogP) is 3.52. The van der Waals surface area contributed by atoms with Crippen LogP contribution in [0.5, 0.6) is 11.5 Å². The van der Waals surface area contributed by atoms with E-state index in [0.717, 1.165) is 12.8 Å². The van der Waals surface area contributed by atoms with E-state index in [1.807, 2.05) is 25.1 Å². The van der Waals surface area contributed by atoms with E-state index in [0.29, 0.717) is 36.8 Å². The van der Waals surface area contributed by atoms with Crippen molar-refractivity contribution >= 4 is 11.6 Å². The molecule has 0 radical (unpaired) electrons. The van der Waals surface area contributed by atoms with Crippen molar-refractivity contribution < 1.29 is 19.0 Å². The lowest BCUT2D eigenvalue weighted by Gasteiger charge is -2.27. The van der Waals surface area contributed by atoms with Gasteiger partial charge < -0.3 is 19.5 Å². The zero-order valence-electron chi connectivity index (χ0n) is 13.7. The van der Waals surface area contributed by atoms with Gasteiger partial charge in [-0.25, -0.2) is 0 Å².